The van der Waals surface area contributed by atoms with Crippen LogP contribution in [0.15, 0.2) is 48.5 Å². The smallest absolute Gasteiger partial charge is 0.151 e. The molecule has 0 unspecified atom stereocenters. The summed E-state index contributed by atoms with van der Waals surface area (Å²) >= 11 is 0. The zero-order chi connectivity index (χ0) is 17.6. The molecule has 0 radical (unpaired) electrons. The molecular formula is C22H28N2O. The van der Waals surface area contributed by atoms with E-state index >= 15 is 0 Å². The van der Waals surface area contributed by atoms with E-state index in [2.05, 4.69) is 60.0 Å². The molecule has 1 aliphatic heterocycles. The Morgan fingerprint density at radius 3 is 2.20 bits per heavy atom. The Bertz CT molecular complexity index is 700. The van der Waals surface area contributed by atoms with E-state index in [9.17, 15) is 4.79 Å². The predicted molar refractivity (Wildman–Crippen MR) is 103 cm³/mol. The summed E-state index contributed by atoms with van der Waals surface area (Å²) in [5.41, 5.74) is 5.04. The molecule has 1 fully saturated rings. The van der Waals surface area contributed by atoms with Gasteiger partial charge in [0.1, 0.15) is 0 Å². The first-order valence-corrected chi connectivity index (χ1v) is 9.16. The Labute approximate surface area is 151 Å². The Morgan fingerprint density at radius 2 is 1.52 bits per heavy atom. The number of nitrogens with zero attached hydrogens (tertiary/aromatic N) is 2. The minimum Gasteiger partial charge on any atom is -0.298 e. The van der Waals surface area contributed by atoms with E-state index < -0.39 is 0 Å². The number of hydrogen-bond acceptors (Lipinski definition) is 3. The third kappa shape index (κ3) is 5.25. The van der Waals surface area contributed by atoms with Crippen molar-refractivity contribution in [3.8, 4) is 0 Å². The van der Waals surface area contributed by atoms with Gasteiger partial charge in [0, 0.05) is 39.1 Å². The van der Waals surface area contributed by atoms with Crippen molar-refractivity contribution in [3.63, 3.8) is 0 Å². The molecule has 0 atom stereocenters. The van der Waals surface area contributed by atoms with Crippen molar-refractivity contribution in [1.82, 2.24) is 9.80 Å². The Hall–Kier alpha value is -1.97. The van der Waals surface area contributed by atoms with Crippen molar-refractivity contribution in [2.75, 3.05) is 32.7 Å². The Morgan fingerprint density at radius 1 is 0.880 bits per heavy atom. The molecule has 1 saturated heterocycles. The molecule has 1 aliphatic rings. The fourth-order valence-corrected chi connectivity index (χ4v) is 3.38. The van der Waals surface area contributed by atoms with Crippen LogP contribution in [0.2, 0.25) is 0 Å². The van der Waals surface area contributed by atoms with E-state index in [0.29, 0.717) is 18.7 Å². The van der Waals surface area contributed by atoms with Gasteiger partial charge in [-0.1, -0.05) is 54.1 Å². The maximum Gasteiger partial charge on any atom is 0.151 e. The average molecular weight is 336 g/mol. The van der Waals surface area contributed by atoms with Crippen LogP contribution in [0.4, 0.5) is 0 Å². The Kier molecular flexibility index (Phi) is 6.00. The molecule has 3 heteroatoms. The number of carbonyl (C=O) groups is 1. The average Bonchev–Trinajstić information content (AvgIpc) is 2.61. The summed E-state index contributed by atoms with van der Waals surface area (Å²) in [7, 11) is 0. The van der Waals surface area contributed by atoms with Gasteiger partial charge in [0.05, 0.1) is 6.54 Å². The normalized spacial score (nSPS) is 16.1. The lowest BCUT2D eigenvalue weighted by atomic mass is 10.0. The minimum absolute atomic E-state index is 0.321. The quantitative estimate of drug-likeness (QED) is 0.809. The summed E-state index contributed by atoms with van der Waals surface area (Å²) < 4.78 is 0. The van der Waals surface area contributed by atoms with E-state index in [0.717, 1.165) is 38.3 Å². The van der Waals surface area contributed by atoms with Crippen LogP contribution in [-0.2, 0) is 17.8 Å². The first kappa shape index (κ1) is 17.8. The van der Waals surface area contributed by atoms with Crippen LogP contribution >= 0.6 is 0 Å². The maximum absolute atomic E-state index is 12.4. The molecule has 3 nitrogen and oxygen atoms in total. The number of rotatable bonds is 6. The molecule has 25 heavy (non-hydrogen) atoms. The summed E-state index contributed by atoms with van der Waals surface area (Å²) in [5.74, 6) is 0.321. The van der Waals surface area contributed by atoms with Gasteiger partial charge in [0.15, 0.2) is 5.78 Å². The molecule has 3 rings (SSSR count). The highest BCUT2D eigenvalue weighted by atomic mass is 16.1. The highest BCUT2D eigenvalue weighted by Gasteiger charge is 2.19. The third-order valence-electron chi connectivity index (χ3n) is 5.04. The summed E-state index contributed by atoms with van der Waals surface area (Å²) in [6.07, 6.45) is 0.552. The van der Waals surface area contributed by atoms with Crippen molar-refractivity contribution in [3.05, 3.63) is 70.8 Å². The number of ketones is 1. The first-order chi connectivity index (χ1) is 12.1. The molecule has 0 bridgehead atoms. The lowest BCUT2D eigenvalue weighted by Crippen LogP contribution is -2.47. The number of piperazine rings is 1. The second-order valence-corrected chi connectivity index (χ2v) is 7.18. The van der Waals surface area contributed by atoms with Gasteiger partial charge in [-0.05, 0) is 30.5 Å². The van der Waals surface area contributed by atoms with Gasteiger partial charge in [-0.3, -0.25) is 14.6 Å². The molecule has 0 aliphatic carbocycles. The summed E-state index contributed by atoms with van der Waals surface area (Å²) in [4.78, 5) is 17.2. The zero-order valence-electron chi connectivity index (χ0n) is 15.4. The molecule has 132 valence electrons. The first-order valence-electron chi connectivity index (χ1n) is 9.16. The molecule has 0 saturated carbocycles. The van der Waals surface area contributed by atoms with Crippen molar-refractivity contribution < 1.29 is 4.79 Å². The van der Waals surface area contributed by atoms with Crippen LogP contribution in [0.5, 0.6) is 0 Å². The number of hydrogen-bond donors (Lipinski definition) is 0. The molecule has 0 amide bonds. The minimum atomic E-state index is 0.321. The van der Waals surface area contributed by atoms with Crippen LogP contribution in [-0.4, -0.2) is 48.3 Å². The Balaban J connectivity index is 1.43. The third-order valence-corrected chi connectivity index (χ3v) is 5.04. The van der Waals surface area contributed by atoms with E-state index in [1.807, 2.05) is 12.1 Å². The van der Waals surface area contributed by atoms with Gasteiger partial charge >= 0.3 is 0 Å². The van der Waals surface area contributed by atoms with Crippen molar-refractivity contribution in [2.24, 2.45) is 0 Å². The SMILES string of the molecule is Cc1ccc(CN2CCN(CC(=O)Cc3ccccc3C)CC2)cc1. The summed E-state index contributed by atoms with van der Waals surface area (Å²) in [6, 6.07) is 17.0. The van der Waals surface area contributed by atoms with Gasteiger partial charge in [-0.15, -0.1) is 0 Å². The lowest BCUT2D eigenvalue weighted by Gasteiger charge is -2.34. The molecule has 1 heterocycles. The van der Waals surface area contributed by atoms with Crippen LogP contribution in [0.1, 0.15) is 22.3 Å². The molecule has 2 aromatic rings. The predicted octanol–water partition coefficient (Wildman–Crippen LogP) is 3.23. The lowest BCUT2D eigenvalue weighted by molar-refractivity contribution is -0.120. The summed E-state index contributed by atoms with van der Waals surface area (Å²) in [6.45, 7) is 9.80. The second-order valence-electron chi connectivity index (χ2n) is 7.18. The van der Waals surface area contributed by atoms with E-state index in [1.54, 1.807) is 0 Å². The standard InChI is InChI=1S/C22H28N2O/c1-18-7-9-20(10-8-18)16-23-11-13-24(14-12-23)17-22(25)15-21-6-4-3-5-19(21)2/h3-10H,11-17H2,1-2H3. The number of carbonyl (C=O) groups excluding carboxylic acids is 1. The topological polar surface area (TPSA) is 23.6 Å². The van der Waals surface area contributed by atoms with Crippen molar-refractivity contribution in [1.29, 1.82) is 0 Å². The highest BCUT2D eigenvalue weighted by molar-refractivity contribution is 5.83. The molecular weight excluding hydrogens is 308 g/mol. The molecule has 0 spiro atoms. The highest BCUT2D eigenvalue weighted by Crippen LogP contribution is 2.11. The van der Waals surface area contributed by atoms with E-state index in [1.165, 1.54) is 16.7 Å². The van der Waals surface area contributed by atoms with Gasteiger partial charge in [-0.2, -0.15) is 0 Å². The number of benzene rings is 2. The van der Waals surface area contributed by atoms with Crippen molar-refractivity contribution >= 4 is 5.78 Å². The second kappa shape index (κ2) is 8.41. The fraction of sp³-hybridized carbons (Fsp3) is 0.409. The number of aryl methyl sites for hydroxylation is 2. The van der Waals surface area contributed by atoms with Gasteiger partial charge in [-0.25, -0.2) is 0 Å². The number of Topliss-reactive ketones (excluding diaryl/α,β-unsaturated/α-hetero) is 1. The van der Waals surface area contributed by atoms with Gasteiger partial charge < -0.3 is 0 Å². The zero-order valence-corrected chi connectivity index (χ0v) is 15.4. The van der Waals surface area contributed by atoms with Crippen LogP contribution in [0.3, 0.4) is 0 Å². The maximum atomic E-state index is 12.4. The van der Waals surface area contributed by atoms with Gasteiger partial charge in [0.25, 0.3) is 0 Å². The van der Waals surface area contributed by atoms with Crippen LogP contribution < -0.4 is 0 Å². The summed E-state index contributed by atoms with van der Waals surface area (Å²) in [5, 5.41) is 0. The van der Waals surface area contributed by atoms with Crippen LogP contribution in [0.25, 0.3) is 0 Å². The monoisotopic (exact) mass is 336 g/mol. The molecule has 2 aromatic carbocycles. The van der Waals surface area contributed by atoms with Crippen molar-refractivity contribution in [2.45, 2.75) is 26.8 Å². The van der Waals surface area contributed by atoms with Crippen LogP contribution in [0, 0.1) is 13.8 Å². The van der Waals surface area contributed by atoms with E-state index in [-0.39, 0.29) is 0 Å². The molecule has 0 N–H and O–H groups in total. The fourth-order valence-electron chi connectivity index (χ4n) is 3.38. The van der Waals surface area contributed by atoms with E-state index in [4.69, 9.17) is 0 Å². The van der Waals surface area contributed by atoms with Gasteiger partial charge in [0.2, 0.25) is 0 Å². The molecule has 0 aromatic heterocycles. The largest absolute Gasteiger partial charge is 0.298 e.